The van der Waals surface area contributed by atoms with Gasteiger partial charge < -0.3 is 5.32 Å². The molecule has 0 aliphatic heterocycles. The number of hydrogen-bond acceptors (Lipinski definition) is 3. The molecule has 0 saturated heterocycles. The summed E-state index contributed by atoms with van der Waals surface area (Å²) in [6.45, 7) is 0. The first-order chi connectivity index (χ1) is 7.72. The largest absolute Gasteiger partial charge is 0.317 e. The molecule has 0 radical (unpaired) electrons. The minimum absolute atomic E-state index is 0.143. The summed E-state index contributed by atoms with van der Waals surface area (Å²) < 4.78 is 0. The maximum atomic E-state index is 11.6. The molecule has 1 heterocycles. The third-order valence-corrected chi connectivity index (χ3v) is 4.26. The number of nitrogens with one attached hydrogen (secondary N) is 1. The summed E-state index contributed by atoms with van der Waals surface area (Å²) in [5.41, 5.74) is 1.12. The number of thiophene rings is 1. The van der Waals surface area contributed by atoms with Gasteiger partial charge in [0.05, 0.1) is 5.00 Å². The van der Waals surface area contributed by atoms with Crippen LogP contribution in [0.1, 0.15) is 29.7 Å². The van der Waals surface area contributed by atoms with Crippen LogP contribution < -0.4 is 5.32 Å². The van der Waals surface area contributed by atoms with Gasteiger partial charge >= 0.3 is 0 Å². The van der Waals surface area contributed by atoms with E-state index in [0.717, 1.165) is 29.8 Å². The Balaban J connectivity index is 1.76. The van der Waals surface area contributed by atoms with Gasteiger partial charge in [0.1, 0.15) is 5.78 Å². The van der Waals surface area contributed by atoms with Crippen LogP contribution >= 0.6 is 11.3 Å². The summed E-state index contributed by atoms with van der Waals surface area (Å²) in [5, 5.41) is 3.86. The first-order valence-electron chi connectivity index (χ1n) is 5.66. The third kappa shape index (κ3) is 1.89. The lowest BCUT2D eigenvalue weighted by Crippen LogP contribution is -2.12. The first kappa shape index (κ1) is 10.0. The highest BCUT2D eigenvalue weighted by molar-refractivity contribution is 7.16. The van der Waals surface area contributed by atoms with Crippen LogP contribution in [0.3, 0.4) is 0 Å². The van der Waals surface area contributed by atoms with Gasteiger partial charge in [0.2, 0.25) is 5.91 Å². The predicted molar refractivity (Wildman–Crippen MR) is 62.7 cm³/mol. The molecule has 1 N–H and O–H groups in total. The molecule has 0 aromatic carbocycles. The van der Waals surface area contributed by atoms with E-state index >= 15 is 0 Å². The minimum Gasteiger partial charge on any atom is -0.317 e. The van der Waals surface area contributed by atoms with Gasteiger partial charge in [0, 0.05) is 23.6 Å². The van der Waals surface area contributed by atoms with Crippen molar-refractivity contribution < 1.29 is 9.59 Å². The molecule has 0 bridgehead atoms. The van der Waals surface area contributed by atoms with Crippen molar-refractivity contribution in [2.45, 2.75) is 32.1 Å². The van der Waals surface area contributed by atoms with E-state index in [1.54, 1.807) is 11.3 Å². The van der Waals surface area contributed by atoms with Crippen LogP contribution in [0.4, 0.5) is 5.00 Å². The molecular weight excluding hydrogens is 222 g/mol. The molecule has 0 spiro atoms. The maximum Gasteiger partial charge on any atom is 0.228 e. The van der Waals surface area contributed by atoms with E-state index < -0.39 is 0 Å². The van der Waals surface area contributed by atoms with Crippen molar-refractivity contribution in [2.24, 2.45) is 5.92 Å². The molecule has 2 aliphatic rings. The molecule has 1 saturated carbocycles. The summed E-state index contributed by atoms with van der Waals surface area (Å²) in [7, 11) is 0. The standard InChI is InChI=1S/C12H13NO2S/c14-9-3-4-10-8(5-9)6-11(16-10)13-12(15)7-1-2-7/h6-7H,1-5H2,(H,13,15). The van der Waals surface area contributed by atoms with E-state index in [2.05, 4.69) is 5.32 Å². The average Bonchev–Trinajstić information content (AvgIpc) is 3.00. The van der Waals surface area contributed by atoms with Crippen LogP contribution in [0.5, 0.6) is 0 Å². The van der Waals surface area contributed by atoms with Crippen molar-refractivity contribution in [2.75, 3.05) is 5.32 Å². The number of anilines is 1. The van der Waals surface area contributed by atoms with Gasteiger partial charge in [-0.15, -0.1) is 11.3 Å². The van der Waals surface area contributed by atoms with Crippen LogP contribution in [0.2, 0.25) is 0 Å². The fourth-order valence-corrected chi connectivity index (χ4v) is 3.10. The zero-order valence-electron chi connectivity index (χ0n) is 8.91. The number of aryl methyl sites for hydroxylation is 1. The Bertz CT molecular complexity index is 460. The summed E-state index contributed by atoms with van der Waals surface area (Å²) >= 11 is 1.63. The van der Waals surface area contributed by atoms with Crippen LogP contribution in [0.15, 0.2) is 6.07 Å². The Morgan fingerprint density at radius 2 is 2.19 bits per heavy atom. The number of carbonyl (C=O) groups excluding carboxylic acids is 2. The van der Waals surface area contributed by atoms with Gasteiger partial charge in [-0.1, -0.05) is 0 Å². The number of carbonyl (C=O) groups is 2. The molecule has 84 valence electrons. The number of fused-ring (bicyclic) bond motifs is 1. The van der Waals surface area contributed by atoms with E-state index in [9.17, 15) is 9.59 Å². The number of ketones is 1. The predicted octanol–water partition coefficient (Wildman–Crippen LogP) is 2.15. The monoisotopic (exact) mass is 235 g/mol. The molecule has 3 nitrogen and oxygen atoms in total. The van der Waals surface area contributed by atoms with E-state index in [4.69, 9.17) is 0 Å². The number of rotatable bonds is 2. The Labute approximate surface area is 97.9 Å². The van der Waals surface area contributed by atoms with Crippen molar-refractivity contribution >= 4 is 28.0 Å². The van der Waals surface area contributed by atoms with Crippen LogP contribution in [0, 0.1) is 5.92 Å². The number of Topliss-reactive ketones (excluding diaryl/α,β-unsaturated/α-hetero) is 1. The molecule has 0 unspecified atom stereocenters. The Morgan fingerprint density at radius 3 is 2.94 bits per heavy atom. The highest BCUT2D eigenvalue weighted by Gasteiger charge is 2.30. The Hall–Kier alpha value is -1.16. The van der Waals surface area contributed by atoms with Crippen LogP contribution in [0.25, 0.3) is 0 Å². The molecule has 4 heteroatoms. The van der Waals surface area contributed by atoms with Crippen molar-refractivity contribution in [3.05, 3.63) is 16.5 Å². The topological polar surface area (TPSA) is 46.2 Å². The van der Waals surface area contributed by atoms with Gasteiger partial charge in [0.15, 0.2) is 0 Å². The summed E-state index contributed by atoms with van der Waals surface area (Å²) in [5.74, 6) is 0.691. The van der Waals surface area contributed by atoms with Gasteiger partial charge in [0.25, 0.3) is 0 Å². The Kier molecular flexibility index (Phi) is 2.32. The average molecular weight is 235 g/mol. The second kappa shape index (κ2) is 3.70. The van der Waals surface area contributed by atoms with E-state index in [1.807, 2.05) is 6.07 Å². The molecule has 2 aliphatic carbocycles. The highest BCUT2D eigenvalue weighted by Crippen LogP contribution is 2.34. The van der Waals surface area contributed by atoms with E-state index in [0.29, 0.717) is 18.6 Å². The van der Waals surface area contributed by atoms with Crippen LogP contribution in [-0.2, 0) is 22.4 Å². The van der Waals surface area contributed by atoms with E-state index in [-0.39, 0.29) is 11.8 Å². The van der Waals surface area contributed by atoms with Crippen molar-refractivity contribution in [3.8, 4) is 0 Å². The quantitative estimate of drug-likeness (QED) is 0.853. The highest BCUT2D eigenvalue weighted by atomic mass is 32.1. The summed E-state index contributed by atoms with van der Waals surface area (Å²) in [6.07, 6.45) is 4.09. The molecular formula is C12H13NO2S. The SMILES string of the molecule is O=C1CCc2sc(NC(=O)C3CC3)cc2C1. The number of amides is 1. The minimum atomic E-state index is 0.143. The lowest BCUT2D eigenvalue weighted by atomic mass is 9.98. The fourth-order valence-electron chi connectivity index (χ4n) is 2.01. The zero-order valence-corrected chi connectivity index (χ0v) is 9.73. The van der Waals surface area contributed by atoms with Crippen molar-refractivity contribution in [1.82, 2.24) is 0 Å². The normalized spacial score (nSPS) is 19.4. The van der Waals surface area contributed by atoms with Crippen molar-refractivity contribution in [1.29, 1.82) is 0 Å². The van der Waals surface area contributed by atoms with Gasteiger partial charge in [-0.3, -0.25) is 9.59 Å². The van der Waals surface area contributed by atoms with E-state index in [1.165, 1.54) is 4.88 Å². The third-order valence-electron chi connectivity index (χ3n) is 3.11. The molecule has 1 fully saturated rings. The Morgan fingerprint density at radius 1 is 1.38 bits per heavy atom. The second-order valence-corrected chi connectivity index (χ2v) is 5.67. The molecule has 16 heavy (non-hydrogen) atoms. The van der Waals surface area contributed by atoms with Crippen molar-refractivity contribution in [3.63, 3.8) is 0 Å². The molecule has 1 aromatic rings. The lowest BCUT2D eigenvalue weighted by molar-refractivity contribution is -0.119. The molecule has 0 atom stereocenters. The maximum absolute atomic E-state index is 11.6. The first-order valence-corrected chi connectivity index (χ1v) is 6.48. The van der Waals surface area contributed by atoms with Gasteiger partial charge in [-0.05, 0) is 30.9 Å². The number of hydrogen-bond donors (Lipinski definition) is 1. The van der Waals surface area contributed by atoms with Gasteiger partial charge in [-0.25, -0.2) is 0 Å². The zero-order chi connectivity index (χ0) is 11.1. The molecule has 1 aromatic heterocycles. The van der Waals surface area contributed by atoms with Gasteiger partial charge in [-0.2, -0.15) is 0 Å². The molecule has 3 rings (SSSR count). The summed E-state index contributed by atoms with van der Waals surface area (Å²) in [4.78, 5) is 24.1. The fraction of sp³-hybridized carbons (Fsp3) is 0.500. The second-order valence-electron chi connectivity index (χ2n) is 4.54. The summed E-state index contributed by atoms with van der Waals surface area (Å²) in [6, 6.07) is 1.97. The van der Waals surface area contributed by atoms with Crippen LogP contribution in [-0.4, -0.2) is 11.7 Å². The lowest BCUT2D eigenvalue weighted by Gasteiger charge is -2.07. The molecule has 1 amide bonds. The smallest absolute Gasteiger partial charge is 0.228 e.